The summed E-state index contributed by atoms with van der Waals surface area (Å²) in [7, 11) is 0. The molecule has 0 atom stereocenters. The average molecular weight is 221 g/mol. The van der Waals surface area contributed by atoms with Crippen LogP contribution in [0.3, 0.4) is 0 Å². The van der Waals surface area contributed by atoms with Gasteiger partial charge in [0.1, 0.15) is 0 Å². The lowest BCUT2D eigenvalue weighted by molar-refractivity contribution is -0.118. The number of amides is 2. The van der Waals surface area contributed by atoms with Crippen LogP contribution in [0.1, 0.15) is 23.2 Å². The predicted octanol–water partition coefficient (Wildman–Crippen LogP) is 0.264. The smallest absolute Gasteiger partial charge is 0.251 e. The Morgan fingerprint density at radius 2 is 1.81 bits per heavy atom. The van der Waals surface area contributed by atoms with Crippen LogP contribution >= 0.6 is 0 Å². The Hall–Kier alpha value is -2.04. The molecule has 2 amide bonds. The van der Waals surface area contributed by atoms with Gasteiger partial charge in [0.05, 0.1) is 0 Å². The van der Waals surface area contributed by atoms with Crippen molar-refractivity contribution >= 4 is 17.5 Å². The highest BCUT2D eigenvalue weighted by molar-refractivity contribution is 5.94. The summed E-state index contributed by atoms with van der Waals surface area (Å²) in [5.41, 5.74) is 11.6. The van der Waals surface area contributed by atoms with Crippen LogP contribution in [-0.2, 0) is 4.79 Å². The van der Waals surface area contributed by atoms with Crippen LogP contribution < -0.4 is 16.8 Å². The molecule has 0 unspecified atom stereocenters. The summed E-state index contributed by atoms with van der Waals surface area (Å²) < 4.78 is 0. The Kier molecular flexibility index (Phi) is 4.32. The summed E-state index contributed by atoms with van der Waals surface area (Å²) in [6.45, 7) is 0.437. The van der Waals surface area contributed by atoms with Crippen molar-refractivity contribution in [3.05, 3.63) is 29.8 Å². The quantitative estimate of drug-likeness (QED) is 0.491. The SMILES string of the molecule is NC(=O)CCCNC(=O)c1ccc(N)cc1. The average Bonchev–Trinajstić information content (AvgIpc) is 2.25. The van der Waals surface area contributed by atoms with Crippen molar-refractivity contribution in [1.29, 1.82) is 0 Å². The van der Waals surface area contributed by atoms with Crippen LogP contribution in [0.4, 0.5) is 5.69 Å². The van der Waals surface area contributed by atoms with E-state index in [9.17, 15) is 9.59 Å². The number of hydrogen-bond donors (Lipinski definition) is 3. The van der Waals surface area contributed by atoms with Gasteiger partial charge in [0, 0.05) is 24.2 Å². The minimum atomic E-state index is -0.360. The number of rotatable bonds is 5. The first-order valence-electron chi connectivity index (χ1n) is 5.01. The van der Waals surface area contributed by atoms with E-state index in [2.05, 4.69) is 5.32 Å². The van der Waals surface area contributed by atoms with E-state index >= 15 is 0 Å². The van der Waals surface area contributed by atoms with Crippen LogP contribution in [0.5, 0.6) is 0 Å². The number of benzene rings is 1. The summed E-state index contributed by atoms with van der Waals surface area (Å²) >= 11 is 0. The van der Waals surface area contributed by atoms with E-state index in [4.69, 9.17) is 11.5 Å². The largest absolute Gasteiger partial charge is 0.399 e. The number of hydrogen-bond acceptors (Lipinski definition) is 3. The third-order valence-corrected chi connectivity index (χ3v) is 2.06. The Labute approximate surface area is 93.8 Å². The third kappa shape index (κ3) is 4.00. The van der Waals surface area contributed by atoms with Crippen molar-refractivity contribution in [3.8, 4) is 0 Å². The van der Waals surface area contributed by atoms with Crippen molar-refractivity contribution < 1.29 is 9.59 Å². The minimum Gasteiger partial charge on any atom is -0.399 e. The van der Waals surface area contributed by atoms with E-state index in [1.54, 1.807) is 24.3 Å². The van der Waals surface area contributed by atoms with Gasteiger partial charge < -0.3 is 16.8 Å². The molecule has 1 rings (SSSR count). The summed E-state index contributed by atoms with van der Waals surface area (Å²) in [4.78, 5) is 22.0. The molecular weight excluding hydrogens is 206 g/mol. The molecule has 0 aliphatic rings. The Morgan fingerprint density at radius 3 is 2.38 bits per heavy atom. The fraction of sp³-hybridized carbons (Fsp3) is 0.273. The normalized spacial score (nSPS) is 9.75. The molecule has 0 fully saturated rings. The van der Waals surface area contributed by atoms with Gasteiger partial charge in [-0.05, 0) is 30.7 Å². The van der Waals surface area contributed by atoms with Crippen molar-refractivity contribution in [2.75, 3.05) is 12.3 Å². The first-order valence-corrected chi connectivity index (χ1v) is 5.01. The standard InChI is InChI=1S/C11H15N3O2/c12-9-5-3-8(4-6-9)11(16)14-7-1-2-10(13)15/h3-6H,1-2,7,12H2,(H2,13,15)(H,14,16). The molecule has 16 heavy (non-hydrogen) atoms. The summed E-state index contributed by atoms with van der Waals surface area (Å²) in [6, 6.07) is 6.63. The number of carbonyl (C=O) groups excluding carboxylic acids is 2. The second kappa shape index (κ2) is 5.75. The zero-order chi connectivity index (χ0) is 12.0. The molecule has 5 nitrogen and oxygen atoms in total. The highest BCUT2D eigenvalue weighted by atomic mass is 16.2. The van der Waals surface area contributed by atoms with Crippen LogP contribution in [0.15, 0.2) is 24.3 Å². The molecule has 86 valence electrons. The molecular formula is C11H15N3O2. The van der Waals surface area contributed by atoms with Gasteiger partial charge in [0.25, 0.3) is 5.91 Å². The van der Waals surface area contributed by atoms with Crippen LogP contribution in [0, 0.1) is 0 Å². The number of nitrogens with two attached hydrogens (primary N) is 2. The molecule has 0 radical (unpaired) electrons. The lowest BCUT2D eigenvalue weighted by Gasteiger charge is -2.04. The molecule has 0 saturated heterocycles. The highest BCUT2D eigenvalue weighted by Crippen LogP contribution is 2.04. The van der Waals surface area contributed by atoms with Gasteiger partial charge >= 0.3 is 0 Å². The fourth-order valence-corrected chi connectivity index (χ4v) is 1.20. The molecule has 0 heterocycles. The van der Waals surface area contributed by atoms with E-state index in [0.717, 1.165) is 0 Å². The maximum Gasteiger partial charge on any atom is 0.251 e. The number of carbonyl (C=O) groups is 2. The topological polar surface area (TPSA) is 98.2 Å². The summed E-state index contributed by atoms with van der Waals surface area (Å²) in [5, 5.41) is 2.69. The fourth-order valence-electron chi connectivity index (χ4n) is 1.20. The molecule has 5 N–H and O–H groups in total. The molecule has 5 heteroatoms. The Morgan fingerprint density at radius 1 is 1.19 bits per heavy atom. The van der Waals surface area contributed by atoms with E-state index < -0.39 is 0 Å². The monoisotopic (exact) mass is 221 g/mol. The molecule has 0 saturated carbocycles. The van der Waals surface area contributed by atoms with E-state index in [-0.39, 0.29) is 18.2 Å². The van der Waals surface area contributed by atoms with Crippen molar-refractivity contribution in [1.82, 2.24) is 5.32 Å². The first-order chi connectivity index (χ1) is 7.59. The molecule has 0 aromatic heterocycles. The zero-order valence-electron chi connectivity index (χ0n) is 8.90. The molecule has 0 aliphatic carbocycles. The maximum absolute atomic E-state index is 11.5. The van der Waals surface area contributed by atoms with E-state index in [0.29, 0.717) is 24.2 Å². The lowest BCUT2D eigenvalue weighted by Crippen LogP contribution is -2.25. The number of nitrogens with one attached hydrogen (secondary N) is 1. The molecule has 0 spiro atoms. The predicted molar refractivity (Wildman–Crippen MR) is 61.6 cm³/mol. The van der Waals surface area contributed by atoms with Gasteiger partial charge in [0.15, 0.2) is 0 Å². The Balaban J connectivity index is 2.35. The summed E-state index contributed by atoms with van der Waals surface area (Å²) in [5.74, 6) is -0.536. The van der Waals surface area contributed by atoms with Crippen LogP contribution in [-0.4, -0.2) is 18.4 Å². The van der Waals surface area contributed by atoms with Crippen LogP contribution in [0.2, 0.25) is 0 Å². The zero-order valence-corrected chi connectivity index (χ0v) is 8.90. The van der Waals surface area contributed by atoms with Gasteiger partial charge in [-0.3, -0.25) is 9.59 Å². The van der Waals surface area contributed by atoms with Crippen molar-refractivity contribution in [3.63, 3.8) is 0 Å². The summed E-state index contributed by atoms with van der Waals surface area (Å²) in [6.07, 6.45) is 0.831. The second-order valence-corrected chi connectivity index (χ2v) is 3.45. The minimum absolute atomic E-state index is 0.176. The first kappa shape index (κ1) is 12.0. The van der Waals surface area contributed by atoms with Crippen molar-refractivity contribution in [2.45, 2.75) is 12.8 Å². The third-order valence-electron chi connectivity index (χ3n) is 2.06. The van der Waals surface area contributed by atoms with Gasteiger partial charge in [-0.2, -0.15) is 0 Å². The Bertz CT molecular complexity index is 373. The molecule has 0 aliphatic heterocycles. The van der Waals surface area contributed by atoms with E-state index in [1.807, 2.05) is 0 Å². The van der Waals surface area contributed by atoms with Gasteiger partial charge in [-0.1, -0.05) is 0 Å². The molecule has 1 aromatic rings. The van der Waals surface area contributed by atoms with Gasteiger partial charge in [-0.25, -0.2) is 0 Å². The van der Waals surface area contributed by atoms with Gasteiger partial charge in [-0.15, -0.1) is 0 Å². The maximum atomic E-state index is 11.5. The lowest BCUT2D eigenvalue weighted by atomic mass is 10.2. The number of nitrogen functional groups attached to an aromatic ring is 1. The van der Waals surface area contributed by atoms with Gasteiger partial charge in [0.2, 0.25) is 5.91 Å². The number of anilines is 1. The molecule has 1 aromatic carbocycles. The number of primary amides is 1. The van der Waals surface area contributed by atoms with Crippen LogP contribution in [0.25, 0.3) is 0 Å². The van der Waals surface area contributed by atoms with E-state index in [1.165, 1.54) is 0 Å². The molecule has 0 bridgehead atoms. The van der Waals surface area contributed by atoms with Crippen molar-refractivity contribution in [2.24, 2.45) is 5.73 Å². The highest BCUT2D eigenvalue weighted by Gasteiger charge is 2.04. The second-order valence-electron chi connectivity index (χ2n) is 3.45.